The van der Waals surface area contributed by atoms with Crippen LogP contribution in [0.15, 0.2) is 18.3 Å². The molecule has 0 aliphatic carbocycles. The fourth-order valence-corrected chi connectivity index (χ4v) is 1.16. The minimum absolute atomic E-state index is 0.0298. The van der Waals surface area contributed by atoms with E-state index in [0.717, 1.165) is 0 Å². The summed E-state index contributed by atoms with van der Waals surface area (Å²) in [5, 5.41) is 11.4. The first-order chi connectivity index (χ1) is 8.15. The number of carbonyl (C=O) groups excluding carboxylic acids is 2. The lowest BCUT2D eigenvalue weighted by molar-refractivity contribution is -0.141. The highest BCUT2D eigenvalue weighted by Crippen LogP contribution is 2.07. The molecule has 1 heterocycles. The van der Waals surface area contributed by atoms with Gasteiger partial charge in [0.25, 0.3) is 0 Å². The van der Waals surface area contributed by atoms with Crippen molar-refractivity contribution >= 4 is 17.7 Å². The van der Waals surface area contributed by atoms with Gasteiger partial charge in [0.2, 0.25) is 5.91 Å². The van der Waals surface area contributed by atoms with Crippen molar-refractivity contribution < 1.29 is 19.4 Å². The molecule has 1 aromatic heterocycles. The van der Waals surface area contributed by atoms with Gasteiger partial charge in [-0.15, -0.1) is 0 Å². The monoisotopic (exact) mass is 238 g/mol. The molecule has 0 radical (unpaired) electrons. The Kier molecular flexibility index (Phi) is 5.09. The Morgan fingerprint density at radius 3 is 2.88 bits per heavy atom. The Bertz CT molecular complexity index is 406. The number of rotatable bonds is 5. The van der Waals surface area contributed by atoms with Crippen LogP contribution in [0, 0.1) is 0 Å². The fraction of sp³-hybridized carbons (Fsp3) is 0.364. The minimum Gasteiger partial charge on any atom is -0.469 e. The Morgan fingerprint density at radius 2 is 2.24 bits per heavy atom. The lowest BCUT2D eigenvalue weighted by Crippen LogP contribution is -2.14. The van der Waals surface area contributed by atoms with Gasteiger partial charge in [-0.2, -0.15) is 0 Å². The van der Waals surface area contributed by atoms with Crippen LogP contribution in [0.1, 0.15) is 18.4 Å². The maximum absolute atomic E-state index is 11.4. The van der Waals surface area contributed by atoms with E-state index in [1.54, 1.807) is 12.1 Å². The van der Waals surface area contributed by atoms with Crippen LogP contribution in [0.3, 0.4) is 0 Å². The average molecular weight is 238 g/mol. The van der Waals surface area contributed by atoms with E-state index in [4.69, 9.17) is 5.11 Å². The third-order valence-corrected chi connectivity index (χ3v) is 2.06. The second-order valence-corrected chi connectivity index (χ2v) is 3.33. The van der Waals surface area contributed by atoms with E-state index < -0.39 is 5.97 Å². The topological polar surface area (TPSA) is 88.5 Å². The number of aliphatic hydroxyl groups excluding tert-OH is 1. The molecule has 0 aliphatic rings. The number of methoxy groups -OCH3 is 1. The second kappa shape index (κ2) is 6.59. The highest BCUT2D eigenvalue weighted by Gasteiger charge is 2.07. The van der Waals surface area contributed by atoms with E-state index in [-0.39, 0.29) is 25.4 Å². The number of ether oxygens (including phenoxy) is 1. The summed E-state index contributed by atoms with van der Waals surface area (Å²) in [6.45, 7) is -0.118. The molecule has 0 aliphatic heterocycles. The predicted molar refractivity (Wildman–Crippen MR) is 60.0 cm³/mol. The molecule has 17 heavy (non-hydrogen) atoms. The summed E-state index contributed by atoms with van der Waals surface area (Å²) in [6.07, 6.45) is 1.56. The molecule has 1 aromatic rings. The maximum Gasteiger partial charge on any atom is 0.306 e. The second-order valence-electron chi connectivity index (χ2n) is 3.33. The molecule has 6 nitrogen and oxygen atoms in total. The van der Waals surface area contributed by atoms with E-state index in [0.29, 0.717) is 11.4 Å². The van der Waals surface area contributed by atoms with Gasteiger partial charge in [-0.3, -0.25) is 9.59 Å². The van der Waals surface area contributed by atoms with Crippen molar-refractivity contribution in [3.8, 4) is 0 Å². The minimum atomic E-state index is -0.433. The van der Waals surface area contributed by atoms with Gasteiger partial charge in [0, 0.05) is 12.6 Å². The largest absolute Gasteiger partial charge is 0.469 e. The van der Waals surface area contributed by atoms with Crippen molar-refractivity contribution in [1.29, 1.82) is 0 Å². The van der Waals surface area contributed by atoms with Gasteiger partial charge in [0.1, 0.15) is 5.82 Å². The molecule has 92 valence electrons. The fourth-order valence-electron chi connectivity index (χ4n) is 1.16. The van der Waals surface area contributed by atoms with E-state index >= 15 is 0 Å². The summed E-state index contributed by atoms with van der Waals surface area (Å²) in [4.78, 5) is 26.1. The van der Waals surface area contributed by atoms with Crippen LogP contribution in [-0.4, -0.2) is 29.1 Å². The summed E-state index contributed by atoms with van der Waals surface area (Å²) in [6, 6.07) is 3.21. The quantitative estimate of drug-likeness (QED) is 0.728. The summed E-state index contributed by atoms with van der Waals surface area (Å²) in [7, 11) is 1.27. The number of pyridine rings is 1. The Balaban J connectivity index is 2.47. The van der Waals surface area contributed by atoms with E-state index in [1.165, 1.54) is 13.3 Å². The highest BCUT2D eigenvalue weighted by atomic mass is 16.5. The molecule has 0 saturated carbocycles. The molecule has 1 amide bonds. The van der Waals surface area contributed by atoms with Gasteiger partial charge in [0.15, 0.2) is 0 Å². The Morgan fingerprint density at radius 1 is 1.47 bits per heavy atom. The van der Waals surface area contributed by atoms with Crippen LogP contribution >= 0.6 is 0 Å². The number of aliphatic hydroxyl groups is 1. The molecule has 0 unspecified atom stereocenters. The van der Waals surface area contributed by atoms with Crippen molar-refractivity contribution in [2.75, 3.05) is 12.4 Å². The first-order valence-electron chi connectivity index (χ1n) is 5.08. The number of nitrogens with one attached hydrogen (secondary N) is 1. The summed E-state index contributed by atoms with van der Waals surface area (Å²) in [5.41, 5.74) is 0.656. The number of hydrogen-bond acceptors (Lipinski definition) is 5. The highest BCUT2D eigenvalue weighted by molar-refractivity contribution is 5.91. The number of amides is 1. The SMILES string of the molecule is COC(=O)CCC(=O)Nc1cc(CO)ccn1. The zero-order valence-electron chi connectivity index (χ0n) is 9.47. The van der Waals surface area contributed by atoms with Crippen molar-refractivity contribution in [3.05, 3.63) is 23.9 Å². The third kappa shape index (κ3) is 4.60. The van der Waals surface area contributed by atoms with Gasteiger partial charge in [-0.25, -0.2) is 4.98 Å². The molecule has 2 N–H and O–H groups in total. The maximum atomic E-state index is 11.4. The smallest absolute Gasteiger partial charge is 0.306 e. The summed E-state index contributed by atoms with van der Waals surface area (Å²) < 4.78 is 4.42. The molecule has 0 bridgehead atoms. The number of aromatic nitrogens is 1. The first-order valence-corrected chi connectivity index (χ1v) is 5.08. The van der Waals surface area contributed by atoms with Gasteiger partial charge >= 0.3 is 5.97 Å². The Labute approximate surface area is 98.6 Å². The third-order valence-electron chi connectivity index (χ3n) is 2.06. The molecule has 0 saturated heterocycles. The van der Waals surface area contributed by atoms with Crippen LogP contribution in [0.25, 0.3) is 0 Å². The molecule has 0 atom stereocenters. The average Bonchev–Trinajstić information content (AvgIpc) is 2.36. The van der Waals surface area contributed by atoms with Crippen LogP contribution in [0.5, 0.6) is 0 Å². The van der Waals surface area contributed by atoms with E-state index in [2.05, 4.69) is 15.0 Å². The van der Waals surface area contributed by atoms with Crippen LogP contribution < -0.4 is 5.32 Å². The Hall–Kier alpha value is -1.95. The molecule has 0 fully saturated rings. The van der Waals surface area contributed by atoms with Crippen molar-refractivity contribution in [1.82, 2.24) is 4.98 Å². The number of anilines is 1. The van der Waals surface area contributed by atoms with Crippen molar-refractivity contribution in [2.24, 2.45) is 0 Å². The lowest BCUT2D eigenvalue weighted by Gasteiger charge is -2.04. The molecular formula is C11H14N2O4. The normalized spacial score (nSPS) is 9.76. The molecule has 6 heteroatoms. The zero-order valence-corrected chi connectivity index (χ0v) is 9.47. The number of hydrogen-bond donors (Lipinski definition) is 2. The number of esters is 1. The first kappa shape index (κ1) is 13.1. The molecule has 1 rings (SSSR count). The van der Waals surface area contributed by atoms with E-state index in [9.17, 15) is 9.59 Å². The van der Waals surface area contributed by atoms with Crippen LogP contribution in [0.2, 0.25) is 0 Å². The predicted octanol–water partition coefficient (Wildman–Crippen LogP) is 0.466. The van der Waals surface area contributed by atoms with Gasteiger partial charge in [-0.05, 0) is 17.7 Å². The molecular weight excluding hydrogens is 224 g/mol. The molecule has 0 aromatic carbocycles. The zero-order chi connectivity index (χ0) is 12.7. The lowest BCUT2D eigenvalue weighted by atomic mass is 10.2. The van der Waals surface area contributed by atoms with Gasteiger partial charge in [0.05, 0.1) is 20.1 Å². The summed E-state index contributed by atoms with van der Waals surface area (Å²) >= 11 is 0. The van der Waals surface area contributed by atoms with Crippen molar-refractivity contribution in [3.63, 3.8) is 0 Å². The van der Waals surface area contributed by atoms with Crippen LogP contribution in [0.4, 0.5) is 5.82 Å². The summed E-state index contributed by atoms with van der Waals surface area (Å²) in [5.74, 6) is -0.401. The van der Waals surface area contributed by atoms with E-state index in [1.807, 2.05) is 0 Å². The van der Waals surface area contributed by atoms with Gasteiger partial charge < -0.3 is 15.2 Å². The number of nitrogens with zero attached hydrogens (tertiary/aromatic N) is 1. The van der Waals surface area contributed by atoms with Crippen molar-refractivity contribution in [2.45, 2.75) is 19.4 Å². The standard InChI is InChI=1S/C11H14N2O4/c1-17-11(16)3-2-10(15)13-9-6-8(7-14)4-5-12-9/h4-6,14H,2-3,7H2,1H3,(H,12,13,15). The molecule has 0 spiro atoms. The van der Waals surface area contributed by atoms with Crippen LogP contribution in [-0.2, 0) is 20.9 Å². The van der Waals surface area contributed by atoms with Gasteiger partial charge in [-0.1, -0.05) is 0 Å². The number of carbonyl (C=O) groups is 2.